The summed E-state index contributed by atoms with van der Waals surface area (Å²) in [4.78, 5) is 0. The van der Waals surface area contributed by atoms with Crippen LogP contribution in [0, 0.1) is 0 Å². The molecule has 1 rings (SSSR count). The largest absolute Gasteiger partial charge is 0.325 e. The zero-order valence-electron chi connectivity index (χ0n) is 5.49. The fraction of sp³-hybridized carbons (Fsp3) is 0.714. The van der Waals surface area contributed by atoms with E-state index >= 15 is 0 Å². The molecule has 0 bridgehead atoms. The Hall–Kier alpha value is -0.370. The summed E-state index contributed by atoms with van der Waals surface area (Å²) in [7, 11) is 0. The van der Waals surface area contributed by atoms with Gasteiger partial charge in [0.2, 0.25) is 0 Å². The highest BCUT2D eigenvalue weighted by Gasteiger charge is 2.10. The second kappa shape index (κ2) is 2.97. The molecule has 2 heteroatoms. The van der Waals surface area contributed by atoms with Crippen molar-refractivity contribution >= 4 is 0 Å². The predicted octanol–water partition coefficient (Wildman–Crippen LogP) is 1.74. The van der Waals surface area contributed by atoms with E-state index in [1.54, 1.807) is 0 Å². The van der Waals surface area contributed by atoms with Gasteiger partial charge in [-0.25, -0.2) is 4.39 Å². The van der Waals surface area contributed by atoms with Crippen LogP contribution in [0.15, 0.2) is 11.4 Å². The first-order valence-electron chi connectivity index (χ1n) is 3.41. The zero-order valence-corrected chi connectivity index (χ0v) is 5.49. The van der Waals surface area contributed by atoms with Gasteiger partial charge in [-0.1, -0.05) is 0 Å². The molecule has 0 aromatic rings. The normalized spacial score (nSPS) is 18.7. The van der Waals surface area contributed by atoms with Crippen LogP contribution in [-0.4, -0.2) is 6.54 Å². The molecule has 0 unspecified atom stereocenters. The van der Waals surface area contributed by atoms with Crippen LogP contribution in [0.1, 0.15) is 25.7 Å². The SMILES string of the molecule is NCC(F)=C1CCCC1. The van der Waals surface area contributed by atoms with Crippen molar-refractivity contribution in [3.63, 3.8) is 0 Å². The molecule has 0 heterocycles. The molecule has 0 amide bonds. The minimum atomic E-state index is -0.0764. The predicted molar refractivity (Wildman–Crippen MR) is 35.7 cm³/mol. The van der Waals surface area contributed by atoms with E-state index in [-0.39, 0.29) is 12.4 Å². The van der Waals surface area contributed by atoms with Crippen LogP contribution in [0.5, 0.6) is 0 Å². The molecule has 0 aliphatic heterocycles. The molecular formula is C7H12FN. The molecule has 1 aliphatic carbocycles. The van der Waals surface area contributed by atoms with E-state index in [4.69, 9.17) is 5.73 Å². The van der Waals surface area contributed by atoms with Gasteiger partial charge < -0.3 is 5.73 Å². The molecule has 52 valence electrons. The molecule has 1 aliphatic rings. The molecule has 0 radical (unpaired) electrons. The monoisotopic (exact) mass is 129 g/mol. The van der Waals surface area contributed by atoms with Crippen LogP contribution >= 0.6 is 0 Å². The Labute approximate surface area is 54.7 Å². The first-order valence-corrected chi connectivity index (χ1v) is 3.41. The summed E-state index contributed by atoms with van der Waals surface area (Å²) in [5.41, 5.74) is 6.08. The molecule has 1 nitrogen and oxygen atoms in total. The maximum atomic E-state index is 12.6. The van der Waals surface area contributed by atoms with Gasteiger partial charge in [-0.3, -0.25) is 0 Å². The third kappa shape index (κ3) is 1.52. The number of hydrogen-bond acceptors (Lipinski definition) is 1. The molecule has 0 spiro atoms. The van der Waals surface area contributed by atoms with E-state index in [0.717, 1.165) is 31.3 Å². The number of rotatable bonds is 1. The lowest BCUT2D eigenvalue weighted by atomic mass is 10.2. The third-order valence-electron chi connectivity index (χ3n) is 1.77. The van der Waals surface area contributed by atoms with Crippen LogP contribution < -0.4 is 5.73 Å². The smallest absolute Gasteiger partial charge is 0.113 e. The van der Waals surface area contributed by atoms with E-state index in [9.17, 15) is 4.39 Å². The summed E-state index contributed by atoms with van der Waals surface area (Å²) in [5, 5.41) is 0. The Morgan fingerprint density at radius 1 is 1.44 bits per heavy atom. The first kappa shape index (κ1) is 6.75. The lowest BCUT2D eigenvalue weighted by Gasteiger charge is -1.95. The summed E-state index contributed by atoms with van der Waals surface area (Å²) < 4.78 is 12.6. The van der Waals surface area contributed by atoms with Crippen molar-refractivity contribution < 1.29 is 4.39 Å². The highest BCUT2D eigenvalue weighted by Crippen LogP contribution is 2.26. The van der Waals surface area contributed by atoms with Gasteiger partial charge in [0.25, 0.3) is 0 Å². The third-order valence-corrected chi connectivity index (χ3v) is 1.77. The Bertz CT molecular complexity index is 121. The second-order valence-electron chi connectivity index (χ2n) is 2.42. The molecule has 0 atom stereocenters. The summed E-state index contributed by atoms with van der Waals surface area (Å²) in [6, 6.07) is 0. The molecule has 1 fully saturated rings. The lowest BCUT2D eigenvalue weighted by molar-refractivity contribution is 0.599. The fourth-order valence-electron chi connectivity index (χ4n) is 1.22. The van der Waals surface area contributed by atoms with Crippen molar-refractivity contribution in [3.05, 3.63) is 11.4 Å². The van der Waals surface area contributed by atoms with Crippen molar-refractivity contribution in [2.45, 2.75) is 25.7 Å². The van der Waals surface area contributed by atoms with Crippen LogP contribution in [-0.2, 0) is 0 Å². The zero-order chi connectivity index (χ0) is 6.69. The van der Waals surface area contributed by atoms with Gasteiger partial charge in [0, 0.05) is 6.54 Å². The van der Waals surface area contributed by atoms with Gasteiger partial charge in [0.05, 0.1) is 0 Å². The minimum absolute atomic E-state index is 0.0764. The summed E-state index contributed by atoms with van der Waals surface area (Å²) in [6.45, 7) is 0.0926. The van der Waals surface area contributed by atoms with E-state index in [1.165, 1.54) is 0 Å². The summed E-state index contributed by atoms with van der Waals surface area (Å²) in [6.07, 6.45) is 4.15. The number of halogens is 1. The Morgan fingerprint density at radius 2 is 2.00 bits per heavy atom. The van der Waals surface area contributed by atoms with Gasteiger partial charge in [-0.15, -0.1) is 0 Å². The standard InChI is InChI=1S/C7H12FN/c8-7(5-9)6-3-1-2-4-6/h1-5,9H2. The van der Waals surface area contributed by atoms with Gasteiger partial charge in [-0.2, -0.15) is 0 Å². The molecule has 1 saturated carbocycles. The van der Waals surface area contributed by atoms with E-state index < -0.39 is 0 Å². The maximum Gasteiger partial charge on any atom is 0.113 e. The van der Waals surface area contributed by atoms with Gasteiger partial charge in [-0.05, 0) is 31.3 Å². The minimum Gasteiger partial charge on any atom is -0.325 e. The Kier molecular flexibility index (Phi) is 2.22. The maximum absolute atomic E-state index is 12.6. The molecule has 0 aromatic carbocycles. The number of allylic oxidation sites excluding steroid dienone is 1. The fourth-order valence-corrected chi connectivity index (χ4v) is 1.22. The lowest BCUT2D eigenvalue weighted by Crippen LogP contribution is -2.00. The number of hydrogen-bond donors (Lipinski definition) is 1. The molecule has 0 aromatic heterocycles. The Balaban J connectivity index is 2.55. The van der Waals surface area contributed by atoms with E-state index in [0.29, 0.717) is 0 Å². The van der Waals surface area contributed by atoms with E-state index in [2.05, 4.69) is 0 Å². The van der Waals surface area contributed by atoms with Crippen LogP contribution in [0.2, 0.25) is 0 Å². The van der Waals surface area contributed by atoms with Gasteiger partial charge >= 0.3 is 0 Å². The van der Waals surface area contributed by atoms with Crippen LogP contribution in [0.3, 0.4) is 0 Å². The average molecular weight is 129 g/mol. The average Bonchev–Trinajstić information content (AvgIpc) is 2.37. The molecule has 9 heavy (non-hydrogen) atoms. The van der Waals surface area contributed by atoms with Gasteiger partial charge in [0.1, 0.15) is 5.83 Å². The highest BCUT2D eigenvalue weighted by molar-refractivity contribution is 5.11. The van der Waals surface area contributed by atoms with Crippen molar-refractivity contribution in [3.8, 4) is 0 Å². The van der Waals surface area contributed by atoms with E-state index in [1.807, 2.05) is 0 Å². The van der Waals surface area contributed by atoms with Crippen LogP contribution in [0.4, 0.5) is 4.39 Å². The summed E-state index contributed by atoms with van der Waals surface area (Å²) >= 11 is 0. The first-order chi connectivity index (χ1) is 4.34. The summed E-state index contributed by atoms with van der Waals surface area (Å²) in [5.74, 6) is -0.0764. The Morgan fingerprint density at radius 3 is 2.44 bits per heavy atom. The second-order valence-corrected chi connectivity index (χ2v) is 2.42. The number of nitrogens with two attached hydrogens (primary N) is 1. The van der Waals surface area contributed by atoms with Crippen LogP contribution in [0.25, 0.3) is 0 Å². The quantitative estimate of drug-likeness (QED) is 0.573. The highest BCUT2D eigenvalue weighted by atomic mass is 19.1. The molecule has 2 N–H and O–H groups in total. The van der Waals surface area contributed by atoms with Crippen molar-refractivity contribution in [2.75, 3.05) is 6.54 Å². The molecular weight excluding hydrogens is 117 g/mol. The van der Waals surface area contributed by atoms with Gasteiger partial charge in [0.15, 0.2) is 0 Å². The molecule has 0 saturated heterocycles. The van der Waals surface area contributed by atoms with Crippen molar-refractivity contribution in [1.82, 2.24) is 0 Å². The van der Waals surface area contributed by atoms with Crippen molar-refractivity contribution in [1.29, 1.82) is 0 Å². The van der Waals surface area contributed by atoms with Crippen molar-refractivity contribution in [2.24, 2.45) is 5.73 Å². The topological polar surface area (TPSA) is 26.0 Å².